The largest absolute Gasteiger partial charge is 0.487 e. The molecule has 0 aliphatic carbocycles. The zero-order valence-corrected chi connectivity index (χ0v) is 24.8. The van der Waals surface area contributed by atoms with Gasteiger partial charge in [-0.3, -0.25) is 13.9 Å². The third-order valence-corrected chi connectivity index (χ3v) is 6.90. The van der Waals surface area contributed by atoms with Gasteiger partial charge in [0.2, 0.25) is 5.95 Å². The van der Waals surface area contributed by atoms with Gasteiger partial charge in [0.15, 0.2) is 0 Å². The summed E-state index contributed by atoms with van der Waals surface area (Å²) in [6.07, 6.45) is 0. The summed E-state index contributed by atoms with van der Waals surface area (Å²) in [5.74, 6) is 0.0275. The van der Waals surface area contributed by atoms with Crippen molar-refractivity contribution >= 4 is 61.5 Å². The van der Waals surface area contributed by atoms with Gasteiger partial charge in [-0.1, -0.05) is 47.5 Å². The maximum atomic E-state index is 13.2. The molecule has 0 unspecified atom stereocenters. The zero-order valence-electron chi connectivity index (χ0n) is 21.6. The lowest BCUT2D eigenvalue weighted by Crippen LogP contribution is -2.23. The van der Waals surface area contributed by atoms with E-state index >= 15 is 0 Å². The number of hydrogen-bond donors (Lipinski definition) is 5. The molecule has 1 heterocycles. The first kappa shape index (κ1) is 33.4. The second-order valence-corrected chi connectivity index (χ2v) is 11.5. The molecule has 0 bridgehead atoms. The lowest BCUT2D eigenvalue weighted by Gasteiger charge is -2.14. The molecule has 0 saturated heterocycles. The van der Waals surface area contributed by atoms with Crippen molar-refractivity contribution in [3.05, 3.63) is 93.6 Å². The normalized spacial score (nSPS) is 11.3. The van der Waals surface area contributed by atoms with Crippen LogP contribution in [0, 0.1) is 0 Å². The Morgan fingerprint density at radius 1 is 0.930 bits per heavy atom. The van der Waals surface area contributed by atoms with Crippen LogP contribution < -0.4 is 21.5 Å². The quantitative estimate of drug-likeness (QED) is 0.131. The van der Waals surface area contributed by atoms with Gasteiger partial charge in [0.1, 0.15) is 18.2 Å². The number of nitrogens with one attached hydrogen (secondary N) is 1. The minimum Gasteiger partial charge on any atom is -0.487 e. The maximum Gasteiger partial charge on any atom is 0.394 e. The molecule has 0 fully saturated rings. The van der Waals surface area contributed by atoms with E-state index in [2.05, 4.69) is 15.3 Å². The van der Waals surface area contributed by atoms with E-state index < -0.39 is 31.4 Å². The van der Waals surface area contributed by atoms with Crippen LogP contribution in [0.15, 0.2) is 71.6 Å². The maximum absolute atomic E-state index is 13.2. The Bertz CT molecular complexity index is 1870. The third kappa shape index (κ3) is 10.3. The summed E-state index contributed by atoms with van der Waals surface area (Å²) in [6.45, 7) is 0.0946. The Morgan fingerprint density at radius 2 is 1.60 bits per heavy atom. The van der Waals surface area contributed by atoms with Crippen LogP contribution >= 0.6 is 23.2 Å². The van der Waals surface area contributed by atoms with Crippen molar-refractivity contribution in [3.8, 4) is 16.9 Å². The Hall–Kier alpha value is -4.06. The number of nitrogens with two attached hydrogens (primary N) is 2. The van der Waals surface area contributed by atoms with Crippen LogP contribution in [0.25, 0.3) is 11.1 Å². The van der Waals surface area contributed by atoms with Gasteiger partial charge in [-0.15, -0.1) is 3.89 Å². The van der Waals surface area contributed by atoms with Gasteiger partial charge < -0.3 is 21.5 Å². The van der Waals surface area contributed by atoms with Crippen LogP contribution in [0.1, 0.15) is 21.6 Å². The molecule has 0 saturated carbocycles. The van der Waals surface area contributed by atoms with E-state index in [-0.39, 0.29) is 30.5 Å². The number of anilines is 2. The first-order chi connectivity index (χ1) is 20.0. The third-order valence-electron chi connectivity index (χ3n) is 5.34. The first-order valence-corrected chi connectivity index (χ1v) is 15.2. The highest BCUT2D eigenvalue weighted by Crippen LogP contribution is 2.33. The highest BCUT2D eigenvalue weighted by atomic mass is 35.5. The molecule has 4 rings (SSSR count). The standard InChI is InChI=1S/C25H20Cl2FN5O4S.H2O4S/c26-19-8-7-15(11-20(19)27)22-21(32-25(30)33-23(22)29)13-37-17-5-1-3-14(9-17)12-31-24(34)16-4-2-6-18(10-16)38(28,35)36;1-5(2,3)4/h1-11H,12-13H2,(H,31,34)(H4,29,30,32,33);(H2,1,2,3,4). The predicted molar refractivity (Wildman–Crippen MR) is 157 cm³/mol. The Labute approximate surface area is 255 Å². The Kier molecular flexibility index (Phi) is 10.8. The van der Waals surface area contributed by atoms with Crippen LogP contribution in [0.2, 0.25) is 10.0 Å². The van der Waals surface area contributed by atoms with E-state index in [1.165, 1.54) is 12.1 Å². The molecule has 43 heavy (non-hydrogen) atoms. The van der Waals surface area contributed by atoms with Crippen LogP contribution in [0.4, 0.5) is 15.7 Å². The fourth-order valence-corrected chi connectivity index (χ4v) is 4.39. The van der Waals surface area contributed by atoms with E-state index in [0.717, 1.165) is 12.1 Å². The highest BCUT2D eigenvalue weighted by Gasteiger charge is 2.17. The minimum atomic E-state index is -4.92. The molecule has 4 aromatic rings. The summed E-state index contributed by atoms with van der Waals surface area (Å²) in [7, 11) is -9.59. The molecule has 0 radical (unpaired) electrons. The van der Waals surface area contributed by atoms with E-state index in [0.29, 0.717) is 38.2 Å². The number of ether oxygens (including phenoxy) is 1. The molecule has 1 amide bonds. The van der Waals surface area contributed by atoms with Crippen LogP contribution in [-0.4, -0.2) is 41.8 Å². The van der Waals surface area contributed by atoms with Gasteiger partial charge in [-0.2, -0.15) is 21.8 Å². The molecule has 7 N–H and O–H groups in total. The fraction of sp³-hybridized carbons (Fsp3) is 0.0800. The second kappa shape index (κ2) is 13.9. The predicted octanol–water partition coefficient (Wildman–Crippen LogP) is 4.13. The Morgan fingerprint density at radius 3 is 2.26 bits per heavy atom. The van der Waals surface area contributed by atoms with E-state index in [1.54, 1.807) is 42.5 Å². The number of carbonyl (C=O) groups excluding carboxylic acids is 1. The van der Waals surface area contributed by atoms with Gasteiger partial charge >= 0.3 is 20.6 Å². The highest BCUT2D eigenvalue weighted by molar-refractivity contribution is 7.86. The lowest BCUT2D eigenvalue weighted by molar-refractivity contribution is 0.0950. The van der Waals surface area contributed by atoms with Crippen molar-refractivity contribution in [2.24, 2.45) is 0 Å². The van der Waals surface area contributed by atoms with Crippen molar-refractivity contribution in [2.75, 3.05) is 11.5 Å². The summed E-state index contributed by atoms with van der Waals surface area (Å²) in [5.41, 5.74) is 14.2. The average Bonchev–Trinajstić information content (AvgIpc) is 2.91. The molecular formula is C25H22Cl2FN5O8S2. The first-order valence-electron chi connectivity index (χ1n) is 11.6. The monoisotopic (exact) mass is 673 g/mol. The molecule has 1 aromatic heterocycles. The molecule has 0 spiro atoms. The van der Waals surface area contributed by atoms with Crippen molar-refractivity contribution in [1.29, 1.82) is 0 Å². The molecular weight excluding hydrogens is 652 g/mol. The van der Waals surface area contributed by atoms with Crippen LogP contribution in [0.5, 0.6) is 5.75 Å². The lowest BCUT2D eigenvalue weighted by atomic mass is 10.0. The number of benzene rings is 3. The van der Waals surface area contributed by atoms with Gasteiger partial charge in [-0.05, 0) is 53.6 Å². The summed E-state index contributed by atoms with van der Waals surface area (Å²) in [5, 5.41) is 3.38. The number of hydrogen-bond acceptors (Lipinski definition) is 10. The van der Waals surface area contributed by atoms with Crippen molar-refractivity contribution in [1.82, 2.24) is 15.3 Å². The van der Waals surface area contributed by atoms with Crippen LogP contribution in [0.3, 0.4) is 0 Å². The average molecular weight is 675 g/mol. The molecule has 228 valence electrons. The minimum absolute atomic E-state index is 0.00454. The zero-order chi connectivity index (χ0) is 31.9. The number of nitrogen functional groups attached to an aromatic ring is 2. The smallest absolute Gasteiger partial charge is 0.394 e. The Balaban J connectivity index is 0.000000934. The summed E-state index contributed by atoms with van der Waals surface area (Å²) >= 11 is 12.2. The molecule has 0 aliphatic heterocycles. The molecule has 3 aromatic carbocycles. The number of aromatic nitrogens is 2. The van der Waals surface area contributed by atoms with E-state index in [1.807, 2.05) is 0 Å². The van der Waals surface area contributed by atoms with E-state index in [9.17, 15) is 17.1 Å². The van der Waals surface area contributed by atoms with Crippen molar-refractivity contribution in [3.63, 3.8) is 0 Å². The fourth-order valence-electron chi connectivity index (χ4n) is 3.59. The molecule has 0 aliphatic rings. The number of amides is 1. The summed E-state index contributed by atoms with van der Waals surface area (Å²) in [4.78, 5) is 20.2. The SMILES string of the molecule is Nc1nc(N)c(-c2ccc(Cl)c(Cl)c2)c(COc2cccc(CNC(=O)c3cccc(S(=O)(=O)F)c3)c2)n1.O=S(=O)(O)O. The summed E-state index contributed by atoms with van der Waals surface area (Å²) < 4.78 is 73.0. The van der Waals surface area contributed by atoms with Gasteiger partial charge in [0.05, 0.1) is 20.6 Å². The molecule has 18 heteroatoms. The number of halogens is 3. The van der Waals surface area contributed by atoms with Gasteiger partial charge in [0, 0.05) is 17.7 Å². The van der Waals surface area contributed by atoms with Gasteiger partial charge in [0.25, 0.3) is 5.91 Å². The van der Waals surface area contributed by atoms with E-state index in [4.69, 9.17) is 56.9 Å². The topological polar surface area (TPSA) is 225 Å². The number of nitrogens with zero attached hydrogens (tertiary/aromatic N) is 2. The molecule has 0 atom stereocenters. The second-order valence-electron chi connectivity index (χ2n) is 8.45. The van der Waals surface area contributed by atoms with Gasteiger partial charge in [-0.25, -0.2) is 4.98 Å². The van der Waals surface area contributed by atoms with Crippen molar-refractivity contribution < 1.29 is 39.4 Å². The molecule has 13 nitrogen and oxygen atoms in total. The summed E-state index contributed by atoms with van der Waals surface area (Å²) in [6, 6.07) is 16.6. The number of rotatable bonds is 8. The number of carbonyl (C=O) groups is 1. The van der Waals surface area contributed by atoms with Crippen LogP contribution in [-0.2, 0) is 33.8 Å². The van der Waals surface area contributed by atoms with Crippen molar-refractivity contribution in [2.45, 2.75) is 18.0 Å².